The third-order valence-electron chi connectivity index (χ3n) is 7.63. The Bertz CT molecular complexity index is 1170. The van der Waals surface area contributed by atoms with Crippen molar-refractivity contribution in [2.24, 2.45) is 0 Å². The van der Waals surface area contributed by atoms with Gasteiger partial charge in [0.15, 0.2) is 11.6 Å². The predicted octanol–water partition coefficient (Wildman–Crippen LogP) is 5.60. The Morgan fingerprint density at radius 1 is 0.889 bits per heavy atom. The molecule has 0 bridgehead atoms. The smallest absolute Gasteiger partial charge is 0.254 e. The number of hydrogen-bond donors (Lipinski definition) is 0. The van der Waals surface area contributed by atoms with Gasteiger partial charge in [0.1, 0.15) is 5.60 Å². The first-order valence-corrected chi connectivity index (χ1v) is 12.8. The molecule has 6 heteroatoms. The highest BCUT2D eigenvalue weighted by molar-refractivity contribution is 5.94. The molecule has 0 saturated carbocycles. The average molecular weight is 491 g/mol. The topological polar surface area (TPSA) is 32.8 Å². The molecule has 2 saturated heterocycles. The summed E-state index contributed by atoms with van der Waals surface area (Å²) in [4.78, 5) is 17.4. The number of ether oxygens (including phenoxy) is 1. The summed E-state index contributed by atoms with van der Waals surface area (Å²) in [5, 5.41) is 0. The summed E-state index contributed by atoms with van der Waals surface area (Å²) in [7, 11) is 0. The van der Waals surface area contributed by atoms with E-state index in [1.807, 2.05) is 24.3 Å². The standard InChI is InChI=1S/C30H32F2N2O2/c31-27-12-11-26(21-28(27)32)30(22-34(19-20-36-30)29(35)25-9-5-2-6-10-25)15-18-33-16-13-24(14-17-33)23-7-3-1-4-8-23/h1-12,21,24H,13-20,22H2. The van der Waals surface area contributed by atoms with Gasteiger partial charge in [-0.15, -0.1) is 0 Å². The summed E-state index contributed by atoms with van der Waals surface area (Å²) in [6.07, 6.45) is 2.76. The van der Waals surface area contributed by atoms with Crippen molar-refractivity contribution in [3.63, 3.8) is 0 Å². The zero-order chi connectivity index (χ0) is 25.0. The molecule has 1 amide bonds. The van der Waals surface area contributed by atoms with Crippen molar-refractivity contribution in [2.75, 3.05) is 39.3 Å². The minimum atomic E-state index is -0.898. The fourth-order valence-corrected chi connectivity index (χ4v) is 5.52. The molecule has 3 aromatic carbocycles. The van der Waals surface area contributed by atoms with Gasteiger partial charge in [0.05, 0.1) is 13.2 Å². The third kappa shape index (κ3) is 5.35. The number of hydrogen-bond acceptors (Lipinski definition) is 3. The zero-order valence-electron chi connectivity index (χ0n) is 20.4. The van der Waals surface area contributed by atoms with Crippen LogP contribution in [0.5, 0.6) is 0 Å². The Morgan fingerprint density at radius 3 is 2.28 bits per heavy atom. The average Bonchev–Trinajstić information content (AvgIpc) is 2.94. The van der Waals surface area contributed by atoms with E-state index in [4.69, 9.17) is 4.74 Å². The van der Waals surface area contributed by atoms with E-state index >= 15 is 0 Å². The number of nitrogens with zero attached hydrogens (tertiary/aromatic N) is 2. The lowest BCUT2D eigenvalue weighted by Crippen LogP contribution is -2.53. The van der Waals surface area contributed by atoms with Crippen LogP contribution in [0.2, 0.25) is 0 Å². The highest BCUT2D eigenvalue weighted by Crippen LogP contribution is 2.36. The van der Waals surface area contributed by atoms with Gasteiger partial charge in [-0.3, -0.25) is 4.79 Å². The largest absolute Gasteiger partial charge is 0.367 e. The van der Waals surface area contributed by atoms with E-state index in [-0.39, 0.29) is 5.91 Å². The maximum atomic E-state index is 14.3. The van der Waals surface area contributed by atoms with Gasteiger partial charge in [-0.1, -0.05) is 54.6 Å². The Balaban J connectivity index is 1.32. The minimum absolute atomic E-state index is 0.0745. The Hall–Kier alpha value is -3.09. The first kappa shape index (κ1) is 24.6. The van der Waals surface area contributed by atoms with E-state index in [9.17, 15) is 13.6 Å². The fraction of sp³-hybridized carbons (Fsp3) is 0.367. The predicted molar refractivity (Wildman–Crippen MR) is 136 cm³/mol. The van der Waals surface area contributed by atoms with Gasteiger partial charge < -0.3 is 14.5 Å². The second-order valence-corrected chi connectivity index (χ2v) is 9.84. The van der Waals surface area contributed by atoms with Gasteiger partial charge in [-0.05, 0) is 73.7 Å². The number of rotatable bonds is 6. The van der Waals surface area contributed by atoms with Gasteiger partial charge in [0.2, 0.25) is 0 Å². The second kappa shape index (κ2) is 10.9. The molecule has 2 fully saturated rings. The molecule has 2 aliphatic rings. The lowest BCUT2D eigenvalue weighted by molar-refractivity contribution is -0.113. The van der Waals surface area contributed by atoms with E-state index in [1.54, 1.807) is 23.1 Å². The summed E-state index contributed by atoms with van der Waals surface area (Å²) in [6, 6.07) is 23.8. The summed E-state index contributed by atoms with van der Waals surface area (Å²) in [5.74, 6) is -1.29. The van der Waals surface area contributed by atoms with Crippen molar-refractivity contribution in [3.05, 3.63) is 107 Å². The number of morpholine rings is 1. The first-order valence-electron chi connectivity index (χ1n) is 12.8. The van der Waals surface area contributed by atoms with Gasteiger partial charge in [-0.2, -0.15) is 0 Å². The normalized spacial score (nSPS) is 21.4. The van der Waals surface area contributed by atoms with E-state index in [0.29, 0.717) is 43.2 Å². The third-order valence-corrected chi connectivity index (χ3v) is 7.63. The highest BCUT2D eigenvalue weighted by Gasteiger charge is 2.41. The first-order chi connectivity index (χ1) is 17.5. The molecule has 0 aliphatic carbocycles. The van der Waals surface area contributed by atoms with Crippen LogP contribution in [0.1, 0.15) is 46.7 Å². The van der Waals surface area contributed by atoms with Crippen LogP contribution in [0, 0.1) is 11.6 Å². The van der Waals surface area contributed by atoms with Gasteiger partial charge >= 0.3 is 0 Å². The van der Waals surface area contributed by atoms with Gasteiger partial charge in [0.25, 0.3) is 5.91 Å². The molecular formula is C30H32F2N2O2. The molecular weight excluding hydrogens is 458 g/mol. The van der Waals surface area contributed by atoms with Crippen molar-refractivity contribution >= 4 is 5.91 Å². The van der Waals surface area contributed by atoms with Crippen LogP contribution in [0.4, 0.5) is 8.78 Å². The monoisotopic (exact) mass is 490 g/mol. The summed E-state index contributed by atoms with van der Waals surface area (Å²) in [5.41, 5.74) is 1.68. The van der Waals surface area contributed by atoms with Crippen molar-refractivity contribution in [1.29, 1.82) is 0 Å². The SMILES string of the molecule is O=C(c1ccccc1)N1CCOC(CCN2CCC(c3ccccc3)CC2)(c2ccc(F)c(F)c2)C1. The van der Waals surface area contributed by atoms with E-state index in [1.165, 1.54) is 11.6 Å². The molecule has 4 nitrogen and oxygen atoms in total. The van der Waals surface area contributed by atoms with Crippen LogP contribution in [-0.4, -0.2) is 55.0 Å². The number of benzene rings is 3. The highest BCUT2D eigenvalue weighted by atomic mass is 19.2. The van der Waals surface area contributed by atoms with Crippen molar-refractivity contribution in [1.82, 2.24) is 9.80 Å². The molecule has 3 aromatic rings. The number of carbonyl (C=O) groups excluding carboxylic acids is 1. The second-order valence-electron chi connectivity index (χ2n) is 9.84. The number of piperidine rings is 1. The van der Waals surface area contributed by atoms with Crippen LogP contribution in [0.15, 0.2) is 78.9 Å². The van der Waals surface area contributed by atoms with Gasteiger partial charge in [-0.25, -0.2) is 8.78 Å². The molecule has 0 aromatic heterocycles. The Labute approximate surface area is 211 Å². The molecule has 36 heavy (non-hydrogen) atoms. The molecule has 0 N–H and O–H groups in total. The minimum Gasteiger partial charge on any atom is -0.367 e. The fourth-order valence-electron chi connectivity index (χ4n) is 5.52. The zero-order valence-corrected chi connectivity index (χ0v) is 20.4. The molecule has 5 rings (SSSR count). The molecule has 188 valence electrons. The summed E-state index contributed by atoms with van der Waals surface area (Å²) in [6.45, 7) is 3.80. The molecule has 1 unspecified atom stereocenters. The number of carbonyl (C=O) groups is 1. The number of amides is 1. The van der Waals surface area contributed by atoms with Crippen LogP contribution < -0.4 is 0 Å². The molecule has 2 aliphatic heterocycles. The van der Waals surface area contributed by atoms with E-state index < -0.39 is 17.2 Å². The van der Waals surface area contributed by atoms with Crippen molar-refractivity contribution in [3.8, 4) is 0 Å². The molecule has 2 heterocycles. The molecule has 0 spiro atoms. The van der Waals surface area contributed by atoms with Crippen LogP contribution in [-0.2, 0) is 10.3 Å². The maximum Gasteiger partial charge on any atom is 0.254 e. The van der Waals surface area contributed by atoms with E-state index in [0.717, 1.165) is 38.5 Å². The Morgan fingerprint density at radius 2 is 1.58 bits per heavy atom. The quantitative estimate of drug-likeness (QED) is 0.451. The lowest BCUT2D eigenvalue weighted by Gasteiger charge is -2.44. The molecule has 0 radical (unpaired) electrons. The number of likely N-dealkylation sites (tertiary alicyclic amines) is 1. The van der Waals surface area contributed by atoms with Gasteiger partial charge in [0, 0.05) is 18.7 Å². The molecule has 1 atom stereocenters. The van der Waals surface area contributed by atoms with Crippen molar-refractivity contribution < 1.29 is 18.3 Å². The maximum absolute atomic E-state index is 14.3. The summed E-state index contributed by atoms with van der Waals surface area (Å²) < 4.78 is 34.4. The van der Waals surface area contributed by atoms with E-state index in [2.05, 4.69) is 29.2 Å². The van der Waals surface area contributed by atoms with Crippen LogP contribution in [0.3, 0.4) is 0 Å². The van der Waals surface area contributed by atoms with Crippen LogP contribution in [0.25, 0.3) is 0 Å². The van der Waals surface area contributed by atoms with Crippen LogP contribution >= 0.6 is 0 Å². The van der Waals surface area contributed by atoms with Crippen molar-refractivity contribution in [2.45, 2.75) is 30.8 Å². The number of halogens is 2. The Kier molecular flexibility index (Phi) is 7.44. The summed E-state index contributed by atoms with van der Waals surface area (Å²) >= 11 is 0. The lowest BCUT2D eigenvalue weighted by atomic mass is 9.86.